The zero-order valence-corrected chi connectivity index (χ0v) is 11.0. The van der Waals surface area contributed by atoms with E-state index >= 15 is 0 Å². The molecule has 1 N–H and O–H groups in total. The van der Waals surface area contributed by atoms with E-state index in [1.54, 1.807) is 7.11 Å². The quantitative estimate of drug-likeness (QED) is 0.790. The summed E-state index contributed by atoms with van der Waals surface area (Å²) < 4.78 is 5.27. The summed E-state index contributed by atoms with van der Waals surface area (Å²) in [5, 5.41) is 5.84. The molecule has 1 aromatic heterocycles. The van der Waals surface area contributed by atoms with Gasteiger partial charge in [-0.1, -0.05) is 6.92 Å². The van der Waals surface area contributed by atoms with E-state index in [0.717, 1.165) is 25.5 Å². The van der Waals surface area contributed by atoms with E-state index in [-0.39, 0.29) is 0 Å². The van der Waals surface area contributed by atoms with E-state index in [9.17, 15) is 0 Å². The van der Waals surface area contributed by atoms with Crippen molar-refractivity contribution < 1.29 is 4.74 Å². The van der Waals surface area contributed by atoms with Gasteiger partial charge in [0.2, 0.25) is 0 Å². The molecule has 1 atom stereocenters. The molecule has 90 valence electrons. The van der Waals surface area contributed by atoms with Gasteiger partial charge >= 0.3 is 0 Å². The molecule has 0 bridgehead atoms. The lowest BCUT2D eigenvalue weighted by atomic mass is 10.1. The summed E-state index contributed by atoms with van der Waals surface area (Å²) in [4.78, 5) is 1.49. The van der Waals surface area contributed by atoms with Gasteiger partial charge in [0.05, 0.1) is 6.61 Å². The highest BCUT2D eigenvalue weighted by molar-refractivity contribution is 7.10. The van der Waals surface area contributed by atoms with Gasteiger partial charge in [-0.3, -0.25) is 0 Å². The van der Waals surface area contributed by atoms with Crippen molar-refractivity contribution in [1.82, 2.24) is 5.32 Å². The third-order valence-electron chi connectivity index (χ3n) is 3.28. The van der Waals surface area contributed by atoms with Crippen LogP contribution in [0.25, 0.3) is 0 Å². The molecular formula is C13H21NOS. The Morgan fingerprint density at radius 3 is 3.00 bits per heavy atom. The Morgan fingerprint density at radius 2 is 2.38 bits per heavy atom. The summed E-state index contributed by atoms with van der Waals surface area (Å²) >= 11 is 1.86. The fraction of sp³-hybridized carbons (Fsp3) is 0.692. The van der Waals surface area contributed by atoms with Gasteiger partial charge < -0.3 is 10.1 Å². The Hall–Kier alpha value is -0.380. The maximum Gasteiger partial charge on any atom is 0.0618 e. The molecule has 0 amide bonds. The van der Waals surface area contributed by atoms with Crippen LogP contribution in [0.2, 0.25) is 0 Å². The molecule has 1 unspecified atom stereocenters. The molecule has 1 aliphatic carbocycles. The van der Waals surface area contributed by atoms with Crippen LogP contribution in [0, 0.1) is 5.92 Å². The zero-order valence-electron chi connectivity index (χ0n) is 10.2. The van der Waals surface area contributed by atoms with Crippen LogP contribution < -0.4 is 5.32 Å². The lowest BCUT2D eigenvalue weighted by Gasteiger charge is -2.17. The van der Waals surface area contributed by atoms with Gasteiger partial charge in [-0.15, -0.1) is 11.3 Å². The van der Waals surface area contributed by atoms with Crippen LogP contribution in [0.5, 0.6) is 0 Å². The molecule has 16 heavy (non-hydrogen) atoms. The van der Waals surface area contributed by atoms with Gasteiger partial charge in [-0.25, -0.2) is 0 Å². The summed E-state index contributed by atoms with van der Waals surface area (Å²) in [6.07, 6.45) is 3.87. The molecule has 1 heterocycles. The molecule has 0 aromatic carbocycles. The second-order valence-corrected chi connectivity index (χ2v) is 5.50. The maximum absolute atomic E-state index is 5.27. The largest absolute Gasteiger partial charge is 0.383 e. The van der Waals surface area contributed by atoms with Crippen LogP contribution in [-0.2, 0) is 17.7 Å². The number of ether oxygens (including phenoxy) is 1. The van der Waals surface area contributed by atoms with Crippen molar-refractivity contribution in [3.8, 4) is 0 Å². The fourth-order valence-corrected chi connectivity index (χ4v) is 3.03. The van der Waals surface area contributed by atoms with Crippen molar-refractivity contribution in [3.63, 3.8) is 0 Å². The average molecular weight is 239 g/mol. The Bertz CT molecular complexity index is 319. The molecule has 1 aliphatic rings. The minimum Gasteiger partial charge on any atom is -0.383 e. The highest BCUT2D eigenvalue weighted by Crippen LogP contribution is 2.33. The van der Waals surface area contributed by atoms with Crippen molar-refractivity contribution in [1.29, 1.82) is 0 Å². The predicted molar refractivity (Wildman–Crippen MR) is 68.9 cm³/mol. The summed E-state index contributed by atoms with van der Waals surface area (Å²) in [6.45, 7) is 4.07. The standard InChI is InChI=1S/C13H21NOS/c1-3-10-6-7-16-13(10)8-14-12(9-15-2)11-4-5-11/h6-7,11-12,14H,3-5,8-9H2,1-2H3. The number of methoxy groups -OCH3 is 1. The van der Waals surface area contributed by atoms with Crippen molar-refractivity contribution in [2.45, 2.75) is 38.8 Å². The second-order valence-electron chi connectivity index (χ2n) is 4.50. The van der Waals surface area contributed by atoms with Crippen molar-refractivity contribution in [2.24, 2.45) is 5.92 Å². The molecule has 2 nitrogen and oxygen atoms in total. The maximum atomic E-state index is 5.27. The van der Waals surface area contributed by atoms with E-state index in [4.69, 9.17) is 4.74 Å². The molecular weight excluding hydrogens is 218 g/mol. The third kappa shape index (κ3) is 3.06. The van der Waals surface area contributed by atoms with Gasteiger partial charge in [-0.2, -0.15) is 0 Å². The Morgan fingerprint density at radius 1 is 1.56 bits per heavy atom. The van der Waals surface area contributed by atoms with Crippen LogP contribution in [0.1, 0.15) is 30.2 Å². The number of aryl methyl sites for hydroxylation is 1. The van der Waals surface area contributed by atoms with Gasteiger partial charge in [0, 0.05) is 24.6 Å². The number of hydrogen-bond acceptors (Lipinski definition) is 3. The predicted octanol–water partition coefficient (Wildman–Crippen LogP) is 2.83. The molecule has 1 aromatic rings. The van der Waals surface area contributed by atoms with Gasteiger partial charge in [0.1, 0.15) is 0 Å². The first-order valence-corrected chi connectivity index (χ1v) is 7.00. The molecule has 1 fully saturated rings. The van der Waals surface area contributed by atoms with Crippen molar-refractivity contribution >= 4 is 11.3 Å². The van der Waals surface area contributed by atoms with Crippen LogP contribution in [0.15, 0.2) is 11.4 Å². The summed E-state index contributed by atoms with van der Waals surface area (Å²) in [5.74, 6) is 0.852. The molecule has 0 aliphatic heterocycles. The highest BCUT2D eigenvalue weighted by Gasteiger charge is 2.30. The van der Waals surface area contributed by atoms with E-state index in [0.29, 0.717) is 6.04 Å². The van der Waals surface area contributed by atoms with Gasteiger partial charge in [-0.05, 0) is 42.2 Å². The number of hydrogen-bond donors (Lipinski definition) is 1. The van der Waals surface area contributed by atoms with E-state index in [2.05, 4.69) is 23.7 Å². The van der Waals surface area contributed by atoms with Crippen molar-refractivity contribution in [3.05, 3.63) is 21.9 Å². The number of thiophene rings is 1. The molecule has 0 spiro atoms. The smallest absolute Gasteiger partial charge is 0.0618 e. The number of rotatable bonds is 7. The van der Waals surface area contributed by atoms with Crippen LogP contribution >= 0.6 is 11.3 Å². The second kappa shape index (κ2) is 5.80. The highest BCUT2D eigenvalue weighted by atomic mass is 32.1. The normalized spacial score (nSPS) is 17.6. The minimum atomic E-state index is 0.553. The summed E-state index contributed by atoms with van der Waals surface area (Å²) in [7, 11) is 1.79. The fourth-order valence-electron chi connectivity index (χ4n) is 2.10. The number of nitrogens with one attached hydrogen (secondary N) is 1. The first-order chi connectivity index (χ1) is 7.85. The lowest BCUT2D eigenvalue weighted by molar-refractivity contribution is 0.157. The molecule has 0 radical (unpaired) electrons. The van der Waals surface area contributed by atoms with E-state index in [1.165, 1.54) is 23.3 Å². The van der Waals surface area contributed by atoms with Crippen LogP contribution in [-0.4, -0.2) is 19.8 Å². The monoisotopic (exact) mass is 239 g/mol. The lowest BCUT2D eigenvalue weighted by Crippen LogP contribution is -2.34. The SMILES string of the molecule is CCc1ccsc1CNC(COC)C1CC1. The Balaban J connectivity index is 1.84. The minimum absolute atomic E-state index is 0.553. The van der Waals surface area contributed by atoms with Crippen molar-refractivity contribution in [2.75, 3.05) is 13.7 Å². The summed E-state index contributed by atoms with van der Waals surface area (Å²) in [5.41, 5.74) is 1.49. The Labute approximate surface area is 102 Å². The Kier molecular flexibility index (Phi) is 4.38. The summed E-state index contributed by atoms with van der Waals surface area (Å²) in [6, 6.07) is 2.79. The van der Waals surface area contributed by atoms with Gasteiger partial charge in [0.25, 0.3) is 0 Å². The van der Waals surface area contributed by atoms with E-state index < -0.39 is 0 Å². The molecule has 0 saturated heterocycles. The van der Waals surface area contributed by atoms with Crippen LogP contribution in [0.4, 0.5) is 0 Å². The zero-order chi connectivity index (χ0) is 11.4. The first kappa shape index (κ1) is 12.1. The third-order valence-corrected chi connectivity index (χ3v) is 4.24. The van der Waals surface area contributed by atoms with Gasteiger partial charge in [0.15, 0.2) is 0 Å². The molecule has 3 heteroatoms. The van der Waals surface area contributed by atoms with E-state index in [1.807, 2.05) is 11.3 Å². The molecule has 1 saturated carbocycles. The topological polar surface area (TPSA) is 21.3 Å². The molecule has 2 rings (SSSR count). The van der Waals surface area contributed by atoms with Crippen LogP contribution in [0.3, 0.4) is 0 Å². The first-order valence-electron chi connectivity index (χ1n) is 6.12. The average Bonchev–Trinajstić information content (AvgIpc) is 3.03.